The van der Waals surface area contributed by atoms with Gasteiger partial charge in [-0.15, -0.1) is 0 Å². The van der Waals surface area contributed by atoms with E-state index in [1.54, 1.807) is 10.6 Å². The summed E-state index contributed by atoms with van der Waals surface area (Å²) < 4.78 is 1.57. The SMILES string of the molecule is [C-]#[N+]c1cn([C@@H]2C=C(CO)[C@H](O)C2O)c2ncnc(N)c12. The van der Waals surface area contributed by atoms with Gasteiger partial charge in [-0.2, -0.15) is 0 Å². The van der Waals surface area contributed by atoms with Crippen LogP contribution in [0.25, 0.3) is 15.9 Å². The summed E-state index contributed by atoms with van der Waals surface area (Å²) in [6, 6.07) is -0.630. The number of nitrogens with two attached hydrogens (primary N) is 1. The van der Waals surface area contributed by atoms with Crippen LogP contribution in [0.15, 0.2) is 24.2 Å². The van der Waals surface area contributed by atoms with Crippen LogP contribution in [0.1, 0.15) is 6.04 Å². The third-order valence-electron chi connectivity index (χ3n) is 3.68. The first-order valence-corrected chi connectivity index (χ1v) is 6.24. The number of aliphatic hydroxyl groups excluding tert-OH is 3. The lowest BCUT2D eigenvalue weighted by Crippen LogP contribution is -2.30. The molecule has 2 aromatic heterocycles. The van der Waals surface area contributed by atoms with Gasteiger partial charge >= 0.3 is 0 Å². The molecule has 8 nitrogen and oxygen atoms in total. The fourth-order valence-corrected chi connectivity index (χ4v) is 2.61. The molecule has 5 N–H and O–H groups in total. The van der Waals surface area contributed by atoms with E-state index < -0.39 is 18.2 Å². The quantitative estimate of drug-likeness (QED) is 0.447. The van der Waals surface area contributed by atoms with Gasteiger partial charge in [0.25, 0.3) is 0 Å². The summed E-state index contributed by atoms with van der Waals surface area (Å²) in [7, 11) is 0. The Labute approximate surface area is 119 Å². The zero-order valence-corrected chi connectivity index (χ0v) is 10.9. The van der Waals surface area contributed by atoms with Gasteiger partial charge in [-0.25, -0.2) is 14.8 Å². The second-order valence-corrected chi connectivity index (χ2v) is 4.82. The summed E-state index contributed by atoms with van der Waals surface area (Å²) in [6.07, 6.45) is 2.09. The van der Waals surface area contributed by atoms with E-state index in [1.165, 1.54) is 12.5 Å². The average molecular weight is 287 g/mol. The van der Waals surface area contributed by atoms with Crippen LogP contribution in [0.5, 0.6) is 0 Å². The molecule has 0 spiro atoms. The minimum Gasteiger partial charge on any atom is -0.392 e. The van der Waals surface area contributed by atoms with E-state index in [4.69, 9.17) is 12.3 Å². The lowest BCUT2D eigenvalue weighted by molar-refractivity contribution is 0.0289. The van der Waals surface area contributed by atoms with E-state index in [0.29, 0.717) is 16.6 Å². The van der Waals surface area contributed by atoms with Crippen molar-refractivity contribution in [2.75, 3.05) is 12.3 Å². The summed E-state index contributed by atoms with van der Waals surface area (Å²) in [5.41, 5.74) is 6.80. The number of nitrogen functional groups attached to an aromatic ring is 1. The van der Waals surface area contributed by atoms with E-state index in [2.05, 4.69) is 14.8 Å². The van der Waals surface area contributed by atoms with Gasteiger partial charge in [-0.1, -0.05) is 6.08 Å². The van der Waals surface area contributed by atoms with Crippen LogP contribution in [0.3, 0.4) is 0 Å². The Balaban J connectivity index is 2.21. The Kier molecular flexibility index (Phi) is 3.10. The number of aliphatic hydroxyl groups is 3. The lowest BCUT2D eigenvalue weighted by Gasteiger charge is -2.19. The Morgan fingerprint density at radius 1 is 1.38 bits per heavy atom. The molecule has 3 atom stereocenters. The molecule has 1 unspecified atom stereocenters. The summed E-state index contributed by atoms with van der Waals surface area (Å²) >= 11 is 0. The largest absolute Gasteiger partial charge is 0.392 e. The number of anilines is 1. The molecular formula is C13H13N5O3. The van der Waals surface area contributed by atoms with Crippen LogP contribution in [0.2, 0.25) is 0 Å². The summed E-state index contributed by atoms with van der Waals surface area (Å²) in [6.45, 7) is 6.86. The topological polar surface area (TPSA) is 122 Å². The van der Waals surface area contributed by atoms with Crippen LogP contribution in [-0.4, -0.2) is 48.7 Å². The first kappa shape index (κ1) is 13.5. The highest BCUT2D eigenvalue weighted by Gasteiger charge is 2.36. The number of fused-ring (bicyclic) bond motifs is 1. The van der Waals surface area contributed by atoms with Gasteiger partial charge in [-0.3, -0.25) is 0 Å². The summed E-state index contributed by atoms with van der Waals surface area (Å²) in [5.74, 6) is 0.184. The number of hydrogen-bond donors (Lipinski definition) is 4. The van der Waals surface area contributed by atoms with Crippen molar-refractivity contribution in [3.63, 3.8) is 0 Å². The molecule has 0 amide bonds. The average Bonchev–Trinajstić information content (AvgIpc) is 2.99. The van der Waals surface area contributed by atoms with Gasteiger partial charge in [0.1, 0.15) is 30.0 Å². The molecule has 21 heavy (non-hydrogen) atoms. The highest BCUT2D eigenvalue weighted by atomic mass is 16.3. The minimum atomic E-state index is -1.15. The maximum absolute atomic E-state index is 10.1. The zero-order valence-electron chi connectivity index (χ0n) is 10.9. The zero-order chi connectivity index (χ0) is 15.1. The third kappa shape index (κ3) is 1.87. The van der Waals surface area contributed by atoms with Crippen LogP contribution >= 0.6 is 0 Å². The predicted molar refractivity (Wildman–Crippen MR) is 74.4 cm³/mol. The van der Waals surface area contributed by atoms with E-state index in [-0.39, 0.29) is 18.1 Å². The number of hydrogen-bond acceptors (Lipinski definition) is 6. The molecule has 0 saturated carbocycles. The Hall–Kier alpha value is -2.47. The molecule has 0 fully saturated rings. The van der Waals surface area contributed by atoms with E-state index in [1.807, 2.05) is 0 Å². The maximum atomic E-state index is 10.1. The van der Waals surface area contributed by atoms with Crippen molar-refractivity contribution >= 4 is 22.5 Å². The number of rotatable bonds is 2. The molecule has 2 heterocycles. The standard InChI is InChI=1S/C13H13N5O3/c1-15-7-3-18(13-9(7)12(14)16-5-17-13)8-2-6(4-19)10(20)11(8)21/h2-3,5,8,10-11,19-21H,4H2,(H2,14,16,17)/t8-,10+,11?/m1/s1. The molecule has 0 aliphatic heterocycles. The molecule has 2 aromatic rings. The maximum Gasteiger partial charge on any atom is 0.217 e. The monoisotopic (exact) mass is 287 g/mol. The van der Waals surface area contributed by atoms with Crippen molar-refractivity contribution in [2.24, 2.45) is 0 Å². The summed E-state index contributed by atoms with van der Waals surface area (Å²) in [5, 5.41) is 29.6. The molecule has 0 radical (unpaired) electrons. The molecule has 0 aromatic carbocycles. The van der Waals surface area contributed by atoms with Crippen LogP contribution in [-0.2, 0) is 0 Å². The summed E-state index contributed by atoms with van der Waals surface area (Å²) in [4.78, 5) is 11.4. The normalized spacial score (nSPS) is 25.0. The fourth-order valence-electron chi connectivity index (χ4n) is 2.61. The van der Waals surface area contributed by atoms with Crippen molar-refractivity contribution in [1.82, 2.24) is 14.5 Å². The molecule has 0 saturated heterocycles. The first-order valence-electron chi connectivity index (χ1n) is 6.24. The molecular weight excluding hydrogens is 274 g/mol. The van der Waals surface area contributed by atoms with Crippen molar-refractivity contribution in [2.45, 2.75) is 18.2 Å². The third-order valence-corrected chi connectivity index (χ3v) is 3.68. The Bertz CT molecular complexity index is 776. The van der Waals surface area contributed by atoms with Gasteiger partial charge < -0.3 is 25.6 Å². The molecule has 8 heteroatoms. The van der Waals surface area contributed by atoms with Gasteiger partial charge in [0.05, 0.1) is 24.6 Å². The Morgan fingerprint density at radius 3 is 2.76 bits per heavy atom. The van der Waals surface area contributed by atoms with Gasteiger partial charge in [-0.05, 0) is 5.57 Å². The van der Waals surface area contributed by atoms with Crippen molar-refractivity contribution < 1.29 is 15.3 Å². The second-order valence-electron chi connectivity index (χ2n) is 4.82. The lowest BCUT2D eigenvalue weighted by atomic mass is 10.1. The van der Waals surface area contributed by atoms with E-state index >= 15 is 0 Å². The van der Waals surface area contributed by atoms with Crippen LogP contribution < -0.4 is 5.73 Å². The number of nitrogens with zero attached hydrogens (tertiary/aromatic N) is 4. The molecule has 108 valence electrons. The van der Waals surface area contributed by atoms with Crippen molar-refractivity contribution in [3.8, 4) is 0 Å². The predicted octanol–water partition coefficient (Wildman–Crippen LogP) is -0.241. The fraction of sp³-hybridized carbons (Fsp3) is 0.308. The van der Waals surface area contributed by atoms with Crippen molar-refractivity contribution in [3.05, 3.63) is 35.6 Å². The van der Waals surface area contributed by atoms with Crippen molar-refractivity contribution in [1.29, 1.82) is 0 Å². The van der Waals surface area contributed by atoms with Gasteiger partial charge in [0, 0.05) is 6.20 Å². The molecule has 0 bridgehead atoms. The first-order chi connectivity index (χ1) is 10.1. The molecule has 1 aliphatic carbocycles. The highest BCUT2D eigenvalue weighted by molar-refractivity contribution is 5.98. The molecule has 3 rings (SSSR count). The smallest absolute Gasteiger partial charge is 0.217 e. The molecule has 1 aliphatic rings. The van der Waals surface area contributed by atoms with Crippen LogP contribution in [0, 0.1) is 6.57 Å². The highest BCUT2D eigenvalue weighted by Crippen LogP contribution is 2.37. The van der Waals surface area contributed by atoms with Crippen LogP contribution in [0.4, 0.5) is 11.5 Å². The minimum absolute atomic E-state index is 0.184. The second kappa shape index (κ2) is 4.82. The van der Waals surface area contributed by atoms with E-state index in [9.17, 15) is 15.3 Å². The van der Waals surface area contributed by atoms with Gasteiger partial charge in [0.2, 0.25) is 5.69 Å². The number of aromatic nitrogens is 3. The Morgan fingerprint density at radius 2 is 2.14 bits per heavy atom. The van der Waals surface area contributed by atoms with Gasteiger partial charge in [0.15, 0.2) is 0 Å². The van der Waals surface area contributed by atoms with E-state index in [0.717, 1.165) is 0 Å².